The van der Waals surface area contributed by atoms with Crippen LogP contribution >= 0.6 is 0 Å². The van der Waals surface area contributed by atoms with E-state index in [0.717, 1.165) is 28.4 Å². The molecule has 0 spiro atoms. The first-order valence-electron chi connectivity index (χ1n) is 9.74. The number of H-pyrrole nitrogens is 1. The molecule has 0 saturated heterocycles. The second-order valence-corrected chi connectivity index (χ2v) is 7.35. The number of fused-ring (bicyclic) bond motifs is 1. The predicted molar refractivity (Wildman–Crippen MR) is 107 cm³/mol. The van der Waals surface area contributed by atoms with Gasteiger partial charge in [-0.15, -0.1) is 0 Å². The minimum absolute atomic E-state index is 0.187. The van der Waals surface area contributed by atoms with Crippen LogP contribution in [0.4, 0.5) is 13.2 Å². The molecule has 2 heterocycles. The van der Waals surface area contributed by atoms with Crippen LogP contribution < -0.4 is 10.1 Å². The van der Waals surface area contributed by atoms with Crippen LogP contribution in [0.5, 0.6) is 5.75 Å². The van der Waals surface area contributed by atoms with Crippen molar-refractivity contribution in [1.29, 1.82) is 0 Å². The van der Waals surface area contributed by atoms with Crippen molar-refractivity contribution in [3.63, 3.8) is 0 Å². The third-order valence-electron chi connectivity index (χ3n) is 4.82. The first kappa shape index (κ1) is 20.1. The maximum atomic E-state index is 13.6. The van der Waals surface area contributed by atoms with Crippen LogP contribution in [0.25, 0.3) is 16.7 Å². The Labute approximate surface area is 171 Å². The molecule has 0 radical (unpaired) electrons. The summed E-state index contributed by atoms with van der Waals surface area (Å²) in [5, 5.41) is 3.24. The lowest BCUT2D eigenvalue weighted by Gasteiger charge is -2.20. The van der Waals surface area contributed by atoms with Gasteiger partial charge in [-0.2, -0.15) is 13.2 Å². The van der Waals surface area contributed by atoms with Crippen molar-refractivity contribution in [2.24, 2.45) is 0 Å². The Morgan fingerprint density at radius 1 is 1.17 bits per heavy atom. The molecule has 30 heavy (non-hydrogen) atoms. The monoisotopic (exact) mass is 417 g/mol. The molecule has 1 aliphatic rings. The van der Waals surface area contributed by atoms with Gasteiger partial charge in [0, 0.05) is 17.5 Å². The number of benzene rings is 2. The third kappa shape index (κ3) is 3.81. The lowest BCUT2D eigenvalue weighted by Crippen LogP contribution is -2.18. The molecule has 3 aromatic rings. The lowest BCUT2D eigenvalue weighted by atomic mass is 10.1. The van der Waals surface area contributed by atoms with E-state index in [1.165, 1.54) is 6.07 Å². The first-order chi connectivity index (χ1) is 14.3. The number of halogens is 3. The highest BCUT2D eigenvalue weighted by molar-refractivity contribution is 5.81. The zero-order valence-electron chi connectivity index (χ0n) is 16.8. The van der Waals surface area contributed by atoms with Gasteiger partial charge in [0.25, 0.3) is 0 Å². The Morgan fingerprint density at radius 3 is 2.67 bits per heavy atom. The van der Waals surface area contributed by atoms with Crippen LogP contribution in [-0.4, -0.2) is 16.1 Å². The third-order valence-corrected chi connectivity index (χ3v) is 4.82. The number of rotatable bonds is 5. The van der Waals surface area contributed by atoms with Gasteiger partial charge >= 0.3 is 6.18 Å². The first-order valence-corrected chi connectivity index (χ1v) is 9.74. The highest BCUT2D eigenvalue weighted by Gasteiger charge is 2.36. The maximum absolute atomic E-state index is 13.6. The lowest BCUT2D eigenvalue weighted by molar-refractivity contribution is -0.139. The van der Waals surface area contributed by atoms with Gasteiger partial charge < -0.3 is 19.8 Å². The quantitative estimate of drug-likeness (QED) is 0.554. The molecular formula is C22H22F3N3O2. The van der Waals surface area contributed by atoms with E-state index >= 15 is 0 Å². The second kappa shape index (κ2) is 7.59. The van der Waals surface area contributed by atoms with Crippen LogP contribution in [0.1, 0.15) is 50.1 Å². The van der Waals surface area contributed by atoms with Crippen molar-refractivity contribution in [1.82, 2.24) is 15.3 Å². The molecule has 1 unspecified atom stereocenters. The van der Waals surface area contributed by atoms with Gasteiger partial charge in [-0.1, -0.05) is 13.0 Å². The molecule has 8 heteroatoms. The second-order valence-electron chi connectivity index (χ2n) is 7.35. The highest BCUT2D eigenvalue weighted by atomic mass is 19.4. The van der Waals surface area contributed by atoms with Crippen molar-refractivity contribution in [3.05, 3.63) is 65.2 Å². The van der Waals surface area contributed by atoms with Crippen molar-refractivity contribution in [2.75, 3.05) is 0 Å². The normalized spacial score (nSPS) is 16.8. The number of imidazole rings is 1. The zero-order chi connectivity index (χ0) is 21.5. The zero-order valence-corrected chi connectivity index (χ0v) is 16.8. The van der Waals surface area contributed by atoms with Gasteiger partial charge in [0.05, 0.1) is 34.7 Å². The van der Waals surface area contributed by atoms with E-state index in [0.29, 0.717) is 17.7 Å². The average Bonchev–Trinajstić information content (AvgIpc) is 3.33. The molecule has 1 aliphatic heterocycles. The topological polar surface area (TPSA) is 59.2 Å². The number of aromatic nitrogens is 2. The molecule has 0 fully saturated rings. The number of ether oxygens (including phenoxy) is 2. The van der Waals surface area contributed by atoms with E-state index in [2.05, 4.69) is 15.3 Å². The Hall–Kier alpha value is -3.16. The van der Waals surface area contributed by atoms with E-state index in [1.54, 1.807) is 26.2 Å². The van der Waals surface area contributed by atoms with Crippen LogP contribution in [0.2, 0.25) is 0 Å². The van der Waals surface area contributed by atoms with Crippen molar-refractivity contribution in [2.45, 2.75) is 45.7 Å². The Balaban J connectivity index is 1.66. The Morgan fingerprint density at radius 2 is 1.97 bits per heavy atom. The minimum atomic E-state index is -4.53. The predicted octanol–water partition coefficient (Wildman–Crippen LogP) is 5.77. The minimum Gasteiger partial charge on any atom is -0.490 e. The van der Waals surface area contributed by atoms with Gasteiger partial charge in [0.2, 0.25) is 0 Å². The Kier molecular flexibility index (Phi) is 5.09. The van der Waals surface area contributed by atoms with Gasteiger partial charge in [-0.3, -0.25) is 0 Å². The molecule has 0 amide bonds. The maximum Gasteiger partial charge on any atom is 0.419 e. The van der Waals surface area contributed by atoms with Crippen molar-refractivity contribution >= 4 is 16.7 Å². The smallest absolute Gasteiger partial charge is 0.419 e. The summed E-state index contributed by atoms with van der Waals surface area (Å²) in [5.41, 5.74) is 2.90. The summed E-state index contributed by atoms with van der Waals surface area (Å²) < 4.78 is 52.2. The van der Waals surface area contributed by atoms with Crippen LogP contribution in [0.15, 0.2) is 48.5 Å². The number of nitrogens with one attached hydrogen (secondary N) is 2. The summed E-state index contributed by atoms with van der Waals surface area (Å²) in [6.07, 6.45) is -3.41. The number of alkyl halides is 3. The Bertz CT molecular complexity index is 1100. The molecular weight excluding hydrogens is 395 g/mol. The van der Waals surface area contributed by atoms with Crippen LogP contribution in [0.3, 0.4) is 0 Å². The largest absolute Gasteiger partial charge is 0.490 e. The fourth-order valence-corrected chi connectivity index (χ4v) is 3.48. The molecule has 1 aromatic heterocycles. The SMILES string of the molecule is CCC1=C(c2ccc3nc[nH]c3c2)NC(c2ccc(OC(C)C)c(C(F)(F)F)c2)O1. The summed E-state index contributed by atoms with van der Waals surface area (Å²) in [5.74, 6) is 0.503. The van der Waals surface area contributed by atoms with E-state index in [4.69, 9.17) is 9.47 Å². The average molecular weight is 417 g/mol. The highest BCUT2D eigenvalue weighted by Crippen LogP contribution is 2.40. The molecule has 2 aromatic carbocycles. The van der Waals surface area contributed by atoms with Gasteiger partial charge in [-0.25, -0.2) is 4.98 Å². The van der Waals surface area contributed by atoms with Gasteiger partial charge in [0.15, 0.2) is 6.23 Å². The number of hydrogen-bond acceptors (Lipinski definition) is 4. The van der Waals surface area contributed by atoms with E-state index in [1.807, 2.05) is 25.1 Å². The molecule has 1 atom stereocenters. The number of aromatic amines is 1. The number of nitrogens with zero attached hydrogens (tertiary/aromatic N) is 1. The summed E-state index contributed by atoms with van der Waals surface area (Å²) >= 11 is 0. The van der Waals surface area contributed by atoms with Crippen LogP contribution in [-0.2, 0) is 10.9 Å². The van der Waals surface area contributed by atoms with Gasteiger partial charge in [0.1, 0.15) is 11.5 Å². The summed E-state index contributed by atoms with van der Waals surface area (Å²) in [6, 6.07) is 9.77. The molecule has 2 N–H and O–H groups in total. The standard InChI is InChI=1S/C22H22F3N3O2/c1-4-18-20(13-5-7-16-17(10-13)27-11-26-16)28-21(30-18)14-6-8-19(29-12(2)3)15(9-14)22(23,24)25/h5-12,21,28H,4H2,1-3H3,(H,26,27). The molecule has 158 valence electrons. The van der Waals surface area contributed by atoms with Gasteiger partial charge in [-0.05, 0) is 44.2 Å². The molecule has 5 nitrogen and oxygen atoms in total. The van der Waals surface area contributed by atoms with E-state index in [9.17, 15) is 13.2 Å². The van der Waals surface area contributed by atoms with Crippen molar-refractivity contribution < 1.29 is 22.6 Å². The molecule has 0 bridgehead atoms. The summed E-state index contributed by atoms with van der Waals surface area (Å²) in [6.45, 7) is 5.32. The molecule has 0 saturated carbocycles. The summed E-state index contributed by atoms with van der Waals surface area (Å²) in [7, 11) is 0. The fourth-order valence-electron chi connectivity index (χ4n) is 3.48. The summed E-state index contributed by atoms with van der Waals surface area (Å²) in [4.78, 5) is 7.27. The molecule has 0 aliphatic carbocycles. The van der Waals surface area contributed by atoms with E-state index < -0.39 is 18.0 Å². The fraction of sp³-hybridized carbons (Fsp3) is 0.318. The number of allylic oxidation sites excluding steroid dienone is 1. The van der Waals surface area contributed by atoms with Crippen molar-refractivity contribution in [3.8, 4) is 5.75 Å². The number of hydrogen-bond donors (Lipinski definition) is 2. The molecule has 4 rings (SSSR count). The van der Waals surface area contributed by atoms with E-state index in [-0.39, 0.29) is 11.9 Å². The van der Waals surface area contributed by atoms with Crippen LogP contribution in [0, 0.1) is 0 Å².